The first-order valence-corrected chi connectivity index (χ1v) is 9.46. The van der Waals surface area contributed by atoms with Crippen molar-refractivity contribution in [1.82, 2.24) is 9.55 Å². The topological polar surface area (TPSA) is 56.1 Å². The largest absolute Gasteiger partial charge is 0.484 e. The number of aromatic nitrogens is 2. The van der Waals surface area contributed by atoms with Crippen LogP contribution >= 0.6 is 11.8 Å². The smallest absolute Gasteiger partial charge is 0.262 e. The van der Waals surface area contributed by atoms with E-state index in [1.807, 2.05) is 61.7 Å². The van der Waals surface area contributed by atoms with Crippen molar-refractivity contribution in [3.8, 4) is 17.0 Å². The Morgan fingerprint density at radius 3 is 3.00 bits per heavy atom. The molecule has 1 amide bonds. The molecule has 0 radical (unpaired) electrons. The van der Waals surface area contributed by atoms with Gasteiger partial charge in [-0.25, -0.2) is 4.98 Å². The van der Waals surface area contributed by atoms with Crippen LogP contribution in [0.3, 0.4) is 0 Å². The van der Waals surface area contributed by atoms with Crippen molar-refractivity contribution in [2.75, 3.05) is 17.7 Å². The molecule has 3 aromatic rings. The van der Waals surface area contributed by atoms with Gasteiger partial charge >= 0.3 is 0 Å². The van der Waals surface area contributed by atoms with Gasteiger partial charge in [-0.15, -0.1) is 0 Å². The number of anilines is 1. The predicted molar refractivity (Wildman–Crippen MR) is 104 cm³/mol. The van der Waals surface area contributed by atoms with Gasteiger partial charge in [0.1, 0.15) is 5.75 Å². The van der Waals surface area contributed by atoms with Gasteiger partial charge in [0.2, 0.25) is 0 Å². The molecule has 4 rings (SSSR count). The van der Waals surface area contributed by atoms with Gasteiger partial charge in [-0.1, -0.05) is 42.1 Å². The molecule has 2 aromatic carbocycles. The molecule has 26 heavy (non-hydrogen) atoms. The van der Waals surface area contributed by atoms with Crippen molar-refractivity contribution in [2.24, 2.45) is 0 Å². The Morgan fingerprint density at radius 1 is 1.27 bits per heavy atom. The van der Waals surface area contributed by atoms with E-state index in [-0.39, 0.29) is 12.5 Å². The van der Waals surface area contributed by atoms with Crippen molar-refractivity contribution in [3.05, 3.63) is 60.3 Å². The molecule has 1 aromatic heterocycles. The molecule has 0 atom stereocenters. The predicted octanol–water partition coefficient (Wildman–Crippen LogP) is 3.98. The maximum atomic E-state index is 12.3. The normalized spacial score (nSPS) is 12.7. The second-order valence-electron chi connectivity index (χ2n) is 6.15. The van der Waals surface area contributed by atoms with Crippen molar-refractivity contribution in [3.63, 3.8) is 0 Å². The number of ether oxygens (including phenoxy) is 1. The molecule has 0 fully saturated rings. The first-order chi connectivity index (χ1) is 12.7. The van der Waals surface area contributed by atoms with E-state index >= 15 is 0 Å². The zero-order valence-corrected chi connectivity index (χ0v) is 15.3. The summed E-state index contributed by atoms with van der Waals surface area (Å²) in [7, 11) is 0. The molecular weight excluding hydrogens is 346 g/mol. The van der Waals surface area contributed by atoms with Gasteiger partial charge in [0.15, 0.2) is 11.8 Å². The highest BCUT2D eigenvalue weighted by molar-refractivity contribution is 7.99. The Hall–Kier alpha value is -2.73. The highest BCUT2D eigenvalue weighted by Crippen LogP contribution is 2.32. The number of hydrogen-bond donors (Lipinski definition) is 1. The van der Waals surface area contributed by atoms with Crippen LogP contribution in [0.5, 0.6) is 5.75 Å². The number of aryl methyl sites for hydroxylation is 2. The highest BCUT2D eigenvalue weighted by Gasteiger charge is 2.17. The molecule has 0 saturated carbocycles. The first-order valence-electron chi connectivity index (χ1n) is 8.48. The van der Waals surface area contributed by atoms with Crippen molar-refractivity contribution < 1.29 is 9.53 Å². The summed E-state index contributed by atoms with van der Waals surface area (Å²) in [6, 6.07) is 15.4. The molecule has 0 bridgehead atoms. The van der Waals surface area contributed by atoms with Gasteiger partial charge in [-0.3, -0.25) is 4.79 Å². The number of nitrogens with zero attached hydrogens (tertiary/aromatic N) is 2. The average molecular weight is 365 g/mol. The fraction of sp³-hybridized carbons (Fsp3) is 0.200. The molecule has 0 saturated heterocycles. The zero-order valence-electron chi connectivity index (χ0n) is 14.4. The molecular formula is C20H19N3O2S. The fourth-order valence-electron chi connectivity index (χ4n) is 2.90. The maximum Gasteiger partial charge on any atom is 0.262 e. The average Bonchev–Trinajstić information content (AvgIpc) is 3.22. The highest BCUT2D eigenvalue weighted by atomic mass is 32.2. The van der Waals surface area contributed by atoms with E-state index in [0.717, 1.165) is 40.0 Å². The summed E-state index contributed by atoms with van der Waals surface area (Å²) in [5.41, 5.74) is 3.63. The minimum atomic E-state index is -0.194. The van der Waals surface area contributed by atoms with E-state index in [9.17, 15) is 4.79 Å². The summed E-state index contributed by atoms with van der Waals surface area (Å²) in [5.74, 6) is 1.56. The quantitative estimate of drug-likeness (QED) is 0.743. The molecule has 1 aliphatic heterocycles. The minimum absolute atomic E-state index is 0.0344. The summed E-state index contributed by atoms with van der Waals surface area (Å²) in [5, 5.41) is 3.97. The van der Waals surface area contributed by atoms with Crippen LogP contribution in [0.25, 0.3) is 11.3 Å². The lowest BCUT2D eigenvalue weighted by Crippen LogP contribution is -2.20. The van der Waals surface area contributed by atoms with Gasteiger partial charge in [0, 0.05) is 24.1 Å². The Kier molecular flexibility index (Phi) is 4.67. The Balaban J connectivity index is 1.47. The van der Waals surface area contributed by atoms with Gasteiger partial charge in [-0.2, -0.15) is 0 Å². The molecule has 5 nitrogen and oxygen atoms in total. The van der Waals surface area contributed by atoms with Crippen LogP contribution in [0, 0.1) is 6.92 Å². The Labute approximate surface area is 156 Å². The lowest BCUT2D eigenvalue weighted by atomic mass is 10.1. The van der Waals surface area contributed by atoms with Crippen LogP contribution in [0.1, 0.15) is 5.56 Å². The van der Waals surface area contributed by atoms with E-state index in [1.54, 1.807) is 11.8 Å². The number of amides is 1. The standard InChI is InChI=1S/C20H19N3O2S/c1-14-5-4-6-15(11-14)25-13-19(24)21-17-8-3-2-7-16(17)18-12-23-9-10-26-20(23)22-18/h2-8,11-12H,9-10,13H2,1H3,(H,21,24). The van der Waals surface area contributed by atoms with E-state index < -0.39 is 0 Å². The Morgan fingerprint density at radius 2 is 2.15 bits per heavy atom. The van der Waals surface area contributed by atoms with E-state index in [0.29, 0.717) is 5.75 Å². The van der Waals surface area contributed by atoms with Crippen molar-refractivity contribution in [1.29, 1.82) is 0 Å². The molecule has 0 spiro atoms. The fourth-order valence-corrected chi connectivity index (χ4v) is 3.84. The number of nitrogens with one attached hydrogen (secondary N) is 1. The number of imidazole rings is 1. The summed E-state index contributed by atoms with van der Waals surface area (Å²) in [6.45, 7) is 2.93. The van der Waals surface area contributed by atoms with Gasteiger partial charge in [0.25, 0.3) is 5.91 Å². The lowest BCUT2D eigenvalue weighted by Gasteiger charge is -2.11. The van der Waals surface area contributed by atoms with Gasteiger partial charge in [0.05, 0.1) is 11.4 Å². The summed E-state index contributed by atoms with van der Waals surface area (Å²) >= 11 is 1.75. The zero-order chi connectivity index (χ0) is 17.9. The second-order valence-corrected chi connectivity index (χ2v) is 7.21. The number of carbonyl (C=O) groups is 1. The van der Waals surface area contributed by atoms with Crippen LogP contribution < -0.4 is 10.1 Å². The number of carbonyl (C=O) groups excluding carboxylic acids is 1. The van der Waals surface area contributed by atoms with Gasteiger partial charge < -0.3 is 14.6 Å². The van der Waals surface area contributed by atoms with E-state index in [2.05, 4.69) is 14.9 Å². The molecule has 132 valence electrons. The molecule has 2 heterocycles. The van der Waals surface area contributed by atoms with Gasteiger partial charge in [-0.05, 0) is 30.7 Å². The number of rotatable bonds is 5. The third-order valence-corrected chi connectivity index (χ3v) is 5.11. The van der Waals surface area contributed by atoms with Crippen LogP contribution in [-0.4, -0.2) is 27.8 Å². The number of thioether (sulfide) groups is 1. The number of para-hydroxylation sites is 1. The number of fused-ring (bicyclic) bond motifs is 1. The molecule has 1 N–H and O–H groups in total. The summed E-state index contributed by atoms with van der Waals surface area (Å²) in [6.07, 6.45) is 2.05. The molecule has 0 unspecified atom stereocenters. The lowest BCUT2D eigenvalue weighted by molar-refractivity contribution is -0.118. The van der Waals surface area contributed by atoms with Crippen LogP contribution in [0.15, 0.2) is 59.9 Å². The van der Waals surface area contributed by atoms with Crippen LogP contribution in [-0.2, 0) is 11.3 Å². The third kappa shape index (κ3) is 3.60. The second kappa shape index (κ2) is 7.25. The first kappa shape index (κ1) is 16.7. The van der Waals surface area contributed by atoms with Crippen molar-refractivity contribution in [2.45, 2.75) is 18.6 Å². The molecule has 6 heteroatoms. The minimum Gasteiger partial charge on any atom is -0.484 e. The van der Waals surface area contributed by atoms with E-state index in [1.165, 1.54) is 0 Å². The number of benzene rings is 2. The van der Waals surface area contributed by atoms with E-state index in [4.69, 9.17) is 4.74 Å². The Bertz CT molecular complexity index is 930. The maximum absolute atomic E-state index is 12.3. The molecule has 0 aliphatic carbocycles. The monoisotopic (exact) mass is 365 g/mol. The summed E-state index contributed by atoms with van der Waals surface area (Å²) < 4.78 is 7.73. The third-order valence-electron chi connectivity index (χ3n) is 4.14. The van der Waals surface area contributed by atoms with Crippen molar-refractivity contribution >= 4 is 23.4 Å². The number of hydrogen-bond acceptors (Lipinski definition) is 4. The summed E-state index contributed by atoms with van der Waals surface area (Å²) in [4.78, 5) is 17.0. The van der Waals surface area contributed by atoms with Crippen LogP contribution in [0.2, 0.25) is 0 Å². The SMILES string of the molecule is Cc1cccc(OCC(=O)Nc2ccccc2-c2cn3c(n2)SCC3)c1. The van der Waals surface area contributed by atoms with Crippen LogP contribution in [0.4, 0.5) is 5.69 Å². The molecule has 1 aliphatic rings.